The number of rotatable bonds is 0. The summed E-state index contributed by atoms with van der Waals surface area (Å²) in [6, 6.07) is 0. The first kappa shape index (κ1) is 22.4. The Morgan fingerprint density at radius 3 is 0.818 bits per heavy atom. The molecule has 0 N–H and O–H groups in total. The Kier molecular flexibility index (Phi) is 46.0. The van der Waals surface area contributed by atoms with Gasteiger partial charge < -0.3 is 30.0 Å². The van der Waals surface area contributed by atoms with Crippen molar-refractivity contribution in [2.75, 3.05) is 0 Å². The molecule has 9 heteroatoms. The molecule has 0 fully saturated rings. The van der Waals surface area contributed by atoms with Gasteiger partial charge in [-0.3, -0.25) is 0 Å². The monoisotopic (exact) mass is 204 g/mol. The summed E-state index contributed by atoms with van der Waals surface area (Å²) in [4.78, 5) is 16.7. The molecule has 7 nitrogen and oxygen atoms in total. The molecule has 0 atom stereocenters. The quantitative estimate of drug-likeness (QED) is 0.357. The summed E-state index contributed by atoms with van der Waals surface area (Å²) in [6.07, 6.45) is -4.67. The molecule has 0 saturated heterocycles. The fourth-order valence-corrected chi connectivity index (χ4v) is 0. The fourth-order valence-electron chi connectivity index (χ4n) is 0. The third-order valence-corrected chi connectivity index (χ3v) is 0. The maximum atomic E-state index is 8.33. The van der Waals surface area contributed by atoms with Crippen molar-refractivity contribution in [3.8, 4) is 0 Å². The van der Waals surface area contributed by atoms with E-state index < -0.39 is 12.3 Å². The van der Waals surface area contributed by atoms with Crippen molar-refractivity contribution in [2.45, 2.75) is 0 Å². The molecular formula is C2CaO7Si. The van der Waals surface area contributed by atoms with Gasteiger partial charge in [0.05, 0.1) is 0 Å². The maximum absolute atomic E-state index is 8.33. The van der Waals surface area contributed by atoms with Crippen molar-refractivity contribution >= 4 is 60.2 Å². The molecule has 0 aliphatic heterocycles. The molecule has 0 amide bonds. The van der Waals surface area contributed by atoms with Crippen LogP contribution in [0.3, 0.4) is 0 Å². The van der Waals surface area contributed by atoms with E-state index in [0.29, 0.717) is 0 Å². The van der Waals surface area contributed by atoms with Gasteiger partial charge >= 0.3 is 52.3 Å². The molecule has 0 aliphatic carbocycles. The van der Waals surface area contributed by atoms with Crippen LogP contribution in [0.1, 0.15) is 0 Å². The van der Waals surface area contributed by atoms with Crippen LogP contribution in [-0.4, -0.2) is 60.2 Å². The van der Waals surface area contributed by atoms with Crippen molar-refractivity contribution in [3.63, 3.8) is 0 Å². The van der Waals surface area contributed by atoms with Crippen LogP contribution in [0.5, 0.6) is 0 Å². The zero-order chi connectivity index (χ0) is 9.15. The number of hydrogen-bond donors (Lipinski definition) is 0. The van der Waals surface area contributed by atoms with Crippen LogP contribution in [0, 0.1) is 0 Å². The molecule has 0 bridgehead atoms. The second kappa shape index (κ2) is 22.6. The summed E-state index contributed by atoms with van der Waals surface area (Å²) in [5.74, 6) is 0. The summed E-state index contributed by atoms with van der Waals surface area (Å²) in [7, 11) is 1.72. The van der Waals surface area contributed by atoms with Crippen molar-refractivity contribution in [3.05, 3.63) is 0 Å². The Morgan fingerprint density at radius 2 is 0.818 bits per heavy atom. The van der Waals surface area contributed by atoms with E-state index in [2.05, 4.69) is 0 Å². The van der Waals surface area contributed by atoms with Gasteiger partial charge in [0.1, 0.15) is 0 Å². The van der Waals surface area contributed by atoms with Gasteiger partial charge in [0.15, 0.2) is 0 Å². The SMILES string of the molecule is O=C([O-])[O-].O=C([O-])[O-].O=[Si+2].[Ca+2]. The van der Waals surface area contributed by atoms with Crippen LogP contribution >= 0.6 is 0 Å². The van der Waals surface area contributed by atoms with Crippen molar-refractivity contribution in [2.24, 2.45) is 0 Å². The first-order chi connectivity index (χ1) is 4.46. The molecule has 56 valence electrons. The van der Waals surface area contributed by atoms with Gasteiger partial charge in [-0.15, -0.1) is 0 Å². The second-order valence-electron chi connectivity index (χ2n) is 0.500. The van der Waals surface area contributed by atoms with Gasteiger partial charge in [-0.25, -0.2) is 0 Å². The van der Waals surface area contributed by atoms with E-state index in [1.54, 1.807) is 10.1 Å². The van der Waals surface area contributed by atoms with Crippen LogP contribution < -0.4 is 20.4 Å². The fraction of sp³-hybridized carbons (Fsp3) is 0. The molecule has 0 unspecified atom stereocenters. The van der Waals surface area contributed by atoms with Gasteiger partial charge in [0.25, 0.3) is 0 Å². The molecule has 0 aliphatic rings. The van der Waals surface area contributed by atoms with E-state index >= 15 is 0 Å². The van der Waals surface area contributed by atoms with E-state index in [0.717, 1.165) is 0 Å². The smallest absolute Gasteiger partial charge is 2.00 e. The van der Waals surface area contributed by atoms with Crippen LogP contribution in [-0.2, 0) is 4.46 Å². The molecular weight excluding hydrogens is 204 g/mol. The van der Waals surface area contributed by atoms with Crippen LogP contribution in [0.2, 0.25) is 0 Å². The van der Waals surface area contributed by atoms with E-state index in [1.165, 1.54) is 0 Å². The Labute approximate surface area is 94.1 Å². The van der Waals surface area contributed by atoms with Crippen molar-refractivity contribution in [1.29, 1.82) is 0 Å². The third kappa shape index (κ3) is 17800. The van der Waals surface area contributed by atoms with E-state index in [4.69, 9.17) is 34.5 Å². The minimum atomic E-state index is -2.33. The summed E-state index contributed by atoms with van der Waals surface area (Å²) >= 11 is 0. The third-order valence-electron chi connectivity index (χ3n) is 0. The van der Waals surface area contributed by atoms with Gasteiger partial charge in [-0.1, -0.05) is 0 Å². The van der Waals surface area contributed by atoms with Gasteiger partial charge in [-0.05, 0) is 12.3 Å². The minimum absolute atomic E-state index is 0. The normalized spacial score (nSPS) is 4.91. The Hall–Kier alpha value is -0.183. The molecule has 0 radical (unpaired) electrons. The Morgan fingerprint density at radius 1 is 0.818 bits per heavy atom. The predicted molar refractivity (Wildman–Crippen MR) is 23.0 cm³/mol. The Balaban J connectivity index is -0.0000000339. The van der Waals surface area contributed by atoms with E-state index in [9.17, 15) is 0 Å². The summed E-state index contributed by atoms with van der Waals surface area (Å²) in [6.45, 7) is 0. The first-order valence-corrected chi connectivity index (χ1v) is 1.84. The Bertz CT molecular complexity index is 84.6. The van der Waals surface area contributed by atoms with E-state index in [1.807, 2.05) is 0 Å². The standard InChI is InChI=1S/2CH2O3.Ca.OSi/c2*2-1(3)4;;1-2/h2*(H2,2,3,4);;/q;;2*+2/p-4. The molecule has 0 aromatic carbocycles. The molecule has 0 rings (SSSR count). The average Bonchev–Trinajstić information content (AvgIpc) is 1.66. The largest absolute Gasteiger partial charge is 2.00 e. The zero-order valence-electron chi connectivity index (χ0n) is 5.06. The molecule has 0 aromatic heterocycles. The minimum Gasteiger partial charge on any atom is 2.00 e. The topological polar surface area (TPSA) is 143 Å². The van der Waals surface area contributed by atoms with Crippen LogP contribution in [0.15, 0.2) is 0 Å². The number of hydrogen-bond acceptors (Lipinski definition) is 7. The van der Waals surface area contributed by atoms with Crippen molar-refractivity contribution in [1.82, 2.24) is 0 Å². The maximum Gasteiger partial charge on any atom is 2.00 e. The summed E-state index contributed by atoms with van der Waals surface area (Å²) in [5, 5.41) is 33.3. The predicted octanol–water partition coefficient (Wildman–Crippen LogP) is -5.77. The molecule has 0 saturated carbocycles. The van der Waals surface area contributed by atoms with Gasteiger partial charge in [0.2, 0.25) is 0 Å². The summed E-state index contributed by atoms with van der Waals surface area (Å²) < 4.78 is 8.06. The molecule has 0 spiro atoms. The van der Waals surface area contributed by atoms with Gasteiger partial charge in [0, 0.05) is 0 Å². The zero-order valence-corrected chi connectivity index (χ0v) is 8.27. The average molecular weight is 204 g/mol. The molecule has 0 aromatic rings. The van der Waals surface area contributed by atoms with Crippen LogP contribution in [0.25, 0.3) is 0 Å². The number of carbonyl (C=O) groups excluding carboxylic acids is 2. The number of carbonyl (C=O) groups is 2. The molecule has 0 heterocycles. The first-order valence-electron chi connectivity index (χ1n) is 1.43. The van der Waals surface area contributed by atoms with E-state index in [-0.39, 0.29) is 37.7 Å². The summed E-state index contributed by atoms with van der Waals surface area (Å²) in [5.41, 5.74) is 0. The second-order valence-corrected chi connectivity index (χ2v) is 0.500. The number of carboxylic acid groups (broad SMARTS) is 4. The molecule has 11 heavy (non-hydrogen) atoms. The van der Waals surface area contributed by atoms with Crippen molar-refractivity contribution < 1.29 is 34.5 Å². The van der Waals surface area contributed by atoms with Crippen LogP contribution in [0.4, 0.5) is 9.59 Å². The van der Waals surface area contributed by atoms with Gasteiger partial charge in [-0.2, -0.15) is 0 Å².